The van der Waals surface area contributed by atoms with Crippen LogP contribution in [0.25, 0.3) is 0 Å². The van der Waals surface area contributed by atoms with Crippen molar-refractivity contribution in [3.05, 3.63) is 23.5 Å². The van der Waals surface area contributed by atoms with E-state index < -0.39 is 0 Å². The molecule has 1 N–H and O–H groups in total. The average Bonchev–Trinajstić information content (AvgIpc) is 2.97. The molecule has 1 aliphatic heterocycles. The van der Waals surface area contributed by atoms with Gasteiger partial charge in [-0.1, -0.05) is 0 Å². The highest BCUT2D eigenvalue weighted by Crippen LogP contribution is 2.33. The van der Waals surface area contributed by atoms with Gasteiger partial charge in [0.25, 0.3) is 0 Å². The molecule has 2 nitrogen and oxygen atoms in total. The summed E-state index contributed by atoms with van der Waals surface area (Å²) < 4.78 is 0. The van der Waals surface area contributed by atoms with Gasteiger partial charge in [-0.15, -0.1) is 0 Å². The standard InChI is InChI=1S/C14H22N2/c1-2-10-16(9-1)11-7-12-4-3-5-14-13(12)6-8-15-14/h6,8,12,15H,1-5,7,9-11H2. The highest BCUT2D eigenvalue weighted by molar-refractivity contribution is 5.27. The summed E-state index contributed by atoms with van der Waals surface area (Å²) in [5.41, 5.74) is 3.13. The number of rotatable bonds is 3. The van der Waals surface area contributed by atoms with Gasteiger partial charge in [-0.05, 0) is 75.7 Å². The molecule has 3 rings (SSSR count). The second kappa shape index (κ2) is 4.62. The van der Waals surface area contributed by atoms with Crippen molar-refractivity contribution in [2.45, 2.75) is 44.4 Å². The quantitative estimate of drug-likeness (QED) is 0.826. The Hall–Kier alpha value is -0.760. The van der Waals surface area contributed by atoms with E-state index in [9.17, 15) is 0 Å². The highest BCUT2D eigenvalue weighted by Gasteiger charge is 2.22. The molecule has 1 fully saturated rings. The number of aromatic amines is 1. The van der Waals surface area contributed by atoms with E-state index in [4.69, 9.17) is 0 Å². The molecule has 0 amide bonds. The van der Waals surface area contributed by atoms with Crippen LogP contribution in [0.2, 0.25) is 0 Å². The molecule has 1 aromatic rings. The predicted molar refractivity (Wildman–Crippen MR) is 66.8 cm³/mol. The van der Waals surface area contributed by atoms with E-state index in [1.807, 2.05) is 0 Å². The molecule has 2 aliphatic rings. The molecular weight excluding hydrogens is 196 g/mol. The molecule has 0 bridgehead atoms. The van der Waals surface area contributed by atoms with Crippen molar-refractivity contribution in [3.8, 4) is 0 Å². The lowest BCUT2D eigenvalue weighted by atomic mass is 9.85. The number of hydrogen-bond donors (Lipinski definition) is 1. The molecule has 1 unspecified atom stereocenters. The first kappa shape index (κ1) is 10.4. The third-order valence-corrected chi connectivity index (χ3v) is 4.28. The molecule has 0 radical (unpaired) electrons. The van der Waals surface area contributed by atoms with Crippen LogP contribution in [0.5, 0.6) is 0 Å². The Kier molecular flexibility index (Phi) is 3.00. The van der Waals surface area contributed by atoms with Crippen LogP contribution in [0.1, 0.15) is 49.3 Å². The van der Waals surface area contributed by atoms with E-state index in [1.165, 1.54) is 63.9 Å². The fourth-order valence-corrected chi connectivity index (χ4v) is 3.34. The number of aryl methyl sites for hydroxylation is 1. The van der Waals surface area contributed by atoms with Crippen LogP contribution in [-0.4, -0.2) is 29.5 Å². The molecular formula is C14H22N2. The Labute approximate surface area is 98.0 Å². The van der Waals surface area contributed by atoms with Crippen LogP contribution in [0.15, 0.2) is 12.3 Å². The van der Waals surface area contributed by atoms with Crippen molar-refractivity contribution in [1.82, 2.24) is 9.88 Å². The molecule has 2 heteroatoms. The molecule has 0 saturated carbocycles. The van der Waals surface area contributed by atoms with Crippen LogP contribution in [0.4, 0.5) is 0 Å². The molecule has 0 spiro atoms. The summed E-state index contributed by atoms with van der Waals surface area (Å²) in [4.78, 5) is 6.04. The lowest BCUT2D eigenvalue weighted by Crippen LogP contribution is -2.23. The van der Waals surface area contributed by atoms with E-state index >= 15 is 0 Å². The molecule has 1 aliphatic carbocycles. The van der Waals surface area contributed by atoms with Crippen molar-refractivity contribution in [2.24, 2.45) is 0 Å². The van der Waals surface area contributed by atoms with Crippen molar-refractivity contribution in [3.63, 3.8) is 0 Å². The monoisotopic (exact) mass is 218 g/mol. The Morgan fingerprint density at radius 2 is 2.12 bits per heavy atom. The zero-order valence-corrected chi connectivity index (χ0v) is 10.0. The highest BCUT2D eigenvalue weighted by atomic mass is 15.1. The van der Waals surface area contributed by atoms with E-state index in [2.05, 4.69) is 22.1 Å². The second-order valence-corrected chi connectivity index (χ2v) is 5.34. The lowest BCUT2D eigenvalue weighted by Gasteiger charge is -2.25. The summed E-state index contributed by atoms with van der Waals surface area (Å²) in [6.07, 6.45) is 10.4. The third kappa shape index (κ3) is 2.03. The van der Waals surface area contributed by atoms with Gasteiger partial charge in [-0.2, -0.15) is 0 Å². The fraction of sp³-hybridized carbons (Fsp3) is 0.714. The minimum Gasteiger partial charge on any atom is -0.365 e. The predicted octanol–water partition coefficient (Wildman–Crippen LogP) is 2.92. The minimum absolute atomic E-state index is 0.829. The Bertz CT molecular complexity index is 336. The van der Waals surface area contributed by atoms with E-state index in [-0.39, 0.29) is 0 Å². The Morgan fingerprint density at radius 3 is 3.00 bits per heavy atom. The smallest absolute Gasteiger partial charge is 0.0182 e. The van der Waals surface area contributed by atoms with Crippen LogP contribution < -0.4 is 0 Å². The Morgan fingerprint density at radius 1 is 1.25 bits per heavy atom. The number of nitrogens with one attached hydrogen (secondary N) is 1. The van der Waals surface area contributed by atoms with Gasteiger partial charge in [0, 0.05) is 11.9 Å². The van der Waals surface area contributed by atoms with Crippen molar-refractivity contribution in [2.75, 3.05) is 19.6 Å². The first-order valence-corrected chi connectivity index (χ1v) is 6.82. The van der Waals surface area contributed by atoms with E-state index in [0.717, 1.165) is 5.92 Å². The zero-order valence-electron chi connectivity index (χ0n) is 10.0. The maximum Gasteiger partial charge on any atom is 0.0182 e. The van der Waals surface area contributed by atoms with Crippen molar-refractivity contribution < 1.29 is 0 Å². The summed E-state index contributed by atoms with van der Waals surface area (Å²) >= 11 is 0. The van der Waals surface area contributed by atoms with Gasteiger partial charge in [0.2, 0.25) is 0 Å². The van der Waals surface area contributed by atoms with Crippen LogP contribution in [0, 0.1) is 0 Å². The normalized spacial score (nSPS) is 25.9. The van der Waals surface area contributed by atoms with E-state index in [1.54, 1.807) is 5.56 Å². The number of H-pyrrole nitrogens is 1. The van der Waals surface area contributed by atoms with Gasteiger partial charge in [0.15, 0.2) is 0 Å². The van der Waals surface area contributed by atoms with Gasteiger partial charge in [-0.3, -0.25) is 0 Å². The average molecular weight is 218 g/mol. The molecule has 0 aromatic carbocycles. The van der Waals surface area contributed by atoms with E-state index in [0.29, 0.717) is 0 Å². The first-order chi connectivity index (χ1) is 7.93. The maximum absolute atomic E-state index is 3.40. The molecule has 1 atom stereocenters. The lowest BCUT2D eigenvalue weighted by molar-refractivity contribution is 0.314. The summed E-state index contributed by atoms with van der Waals surface area (Å²) in [7, 11) is 0. The number of aromatic nitrogens is 1. The third-order valence-electron chi connectivity index (χ3n) is 4.28. The van der Waals surface area contributed by atoms with Gasteiger partial charge < -0.3 is 9.88 Å². The number of nitrogens with zero attached hydrogens (tertiary/aromatic N) is 1. The summed E-state index contributed by atoms with van der Waals surface area (Å²) in [6, 6.07) is 2.31. The largest absolute Gasteiger partial charge is 0.365 e. The maximum atomic E-state index is 3.40. The topological polar surface area (TPSA) is 19.0 Å². The summed E-state index contributed by atoms with van der Waals surface area (Å²) in [5, 5.41) is 0. The minimum atomic E-state index is 0.829. The van der Waals surface area contributed by atoms with Crippen molar-refractivity contribution >= 4 is 0 Å². The number of likely N-dealkylation sites (tertiary alicyclic amines) is 1. The van der Waals surface area contributed by atoms with Crippen LogP contribution in [0.3, 0.4) is 0 Å². The van der Waals surface area contributed by atoms with Crippen LogP contribution >= 0.6 is 0 Å². The second-order valence-electron chi connectivity index (χ2n) is 5.34. The van der Waals surface area contributed by atoms with Crippen LogP contribution in [-0.2, 0) is 6.42 Å². The molecule has 1 aromatic heterocycles. The first-order valence-electron chi connectivity index (χ1n) is 6.82. The molecule has 2 heterocycles. The molecule has 16 heavy (non-hydrogen) atoms. The number of hydrogen-bond acceptors (Lipinski definition) is 1. The SMILES string of the molecule is c1cc2c([nH]1)CCCC2CCN1CCCC1. The fourth-order valence-electron chi connectivity index (χ4n) is 3.34. The molecule has 1 saturated heterocycles. The van der Waals surface area contributed by atoms with Crippen molar-refractivity contribution in [1.29, 1.82) is 0 Å². The van der Waals surface area contributed by atoms with Gasteiger partial charge in [-0.25, -0.2) is 0 Å². The van der Waals surface area contributed by atoms with Gasteiger partial charge in [0.05, 0.1) is 0 Å². The zero-order chi connectivity index (χ0) is 10.8. The Balaban J connectivity index is 1.59. The molecule has 88 valence electrons. The van der Waals surface area contributed by atoms with Gasteiger partial charge >= 0.3 is 0 Å². The summed E-state index contributed by atoms with van der Waals surface area (Å²) in [5.74, 6) is 0.829. The summed E-state index contributed by atoms with van der Waals surface area (Å²) in [6.45, 7) is 3.99. The number of fused-ring (bicyclic) bond motifs is 1. The van der Waals surface area contributed by atoms with Gasteiger partial charge in [0.1, 0.15) is 0 Å².